The van der Waals surface area contributed by atoms with Crippen molar-refractivity contribution in [3.05, 3.63) is 11.8 Å². The Kier molecular flexibility index (Phi) is 4.32. The van der Waals surface area contributed by atoms with Gasteiger partial charge in [-0.05, 0) is 37.5 Å². The summed E-state index contributed by atoms with van der Waals surface area (Å²) in [5.74, 6) is 0.144. The van der Waals surface area contributed by atoms with Gasteiger partial charge in [0.25, 0.3) is 5.91 Å². The zero-order valence-corrected chi connectivity index (χ0v) is 16.0. The summed E-state index contributed by atoms with van der Waals surface area (Å²) in [4.78, 5) is 38.9. The van der Waals surface area contributed by atoms with Crippen molar-refractivity contribution < 1.29 is 14.4 Å². The van der Waals surface area contributed by atoms with Crippen LogP contribution in [0.25, 0.3) is 0 Å². The number of anilines is 1. The molecule has 0 bridgehead atoms. The molecule has 8 heteroatoms. The molecule has 1 saturated carbocycles. The van der Waals surface area contributed by atoms with Crippen molar-refractivity contribution >= 4 is 23.7 Å². The Morgan fingerprint density at radius 3 is 2.65 bits per heavy atom. The van der Waals surface area contributed by atoms with Gasteiger partial charge in [-0.3, -0.25) is 19.2 Å². The topological polar surface area (TPSA) is 96.3 Å². The summed E-state index contributed by atoms with van der Waals surface area (Å²) in [6.07, 6.45) is 2.21. The summed E-state index contributed by atoms with van der Waals surface area (Å²) >= 11 is 0. The highest BCUT2D eigenvalue weighted by Crippen LogP contribution is 2.46. The normalized spacial score (nSPS) is 27.7. The molecule has 1 aliphatic carbocycles. The lowest BCUT2D eigenvalue weighted by Crippen LogP contribution is -2.54. The predicted octanol–water partition coefficient (Wildman–Crippen LogP) is 1.80. The van der Waals surface area contributed by atoms with Crippen molar-refractivity contribution in [2.24, 2.45) is 18.4 Å². The van der Waals surface area contributed by atoms with Gasteiger partial charge in [0, 0.05) is 13.1 Å². The smallest absolute Gasteiger partial charge is 0.323 e. The average Bonchev–Trinajstić information content (AvgIpc) is 2.88. The SMILES string of the molecule is Cc1cc(NC(=O)CN2C(=O)NC3(CC(C)CC(C)(C)C3)C2=O)n(C)n1. The molecule has 142 valence electrons. The molecule has 2 aliphatic rings. The lowest BCUT2D eigenvalue weighted by Gasteiger charge is -2.43. The minimum absolute atomic E-state index is 0.0366. The van der Waals surface area contributed by atoms with Gasteiger partial charge >= 0.3 is 6.03 Å². The van der Waals surface area contributed by atoms with Crippen LogP contribution in [0.1, 0.15) is 45.7 Å². The van der Waals surface area contributed by atoms with E-state index in [0.717, 1.165) is 17.0 Å². The Morgan fingerprint density at radius 1 is 1.38 bits per heavy atom. The Bertz CT molecular complexity index is 769. The Balaban J connectivity index is 1.73. The molecule has 1 aromatic rings. The van der Waals surface area contributed by atoms with Crippen molar-refractivity contribution in [2.45, 2.75) is 52.5 Å². The molecular formula is C18H27N5O3. The van der Waals surface area contributed by atoms with Crippen LogP contribution in [0.4, 0.5) is 10.6 Å². The number of nitrogens with one attached hydrogen (secondary N) is 2. The van der Waals surface area contributed by atoms with Crippen LogP contribution in [0.2, 0.25) is 0 Å². The Hall–Kier alpha value is -2.38. The number of amides is 4. The maximum absolute atomic E-state index is 13.0. The van der Waals surface area contributed by atoms with Crippen molar-refractivity contribution in [2.75, 3.05) is 11.9 Å². The first-order valence-electron chi connectivity index (χ1n) is 8.96. The van der Waals surface area contributed by atoms with Gasteiger partial charge in [0.15, 0.2) is 0 Å². The molecule has 0 radical (unpaired) electrons. The molecule has 8 nitrogen and oxygen atoms in total. The second kappa shape index (κ2) is 6.10. The van der Waals surface area contributed by atoms with Gasteiger partial charge in [-0.1, -0.05) is 20.8 Å². The average molecular weight is 361 g/mol. The van der Waals surface area contributed by atoms with Crippen LogP contribution in [0.15, 0.2) is 6.07 Å². The second-order valence-electron chi connectivity index (χ2n) is 8.60. The van der Waals surface area contributed by atoms with Crippen LogP contribution in [-0.4, -0.2) is 44.6 Å². The number of imide groups is 1. The molecule has 2 atom stereocenters. The second-order valence-corrected chi connectivity index (χ2v) is 8.60. The van der Waals surface area contributed by atoms with Crippen molar-refractivity contribution in [3.63, 3.8) is 0 Å². The molecule has 1 saturated heterocycles. The van der Waals surface area contributed by atoms with E-state index in [-0.39, 0.29) is 17.9 Å². The summed E-state index contributed by atoms with van der Waals surface area (Å²) in [5, 5.41) is 9.74. The zero-order chi connectivity index (χ0) is 19.3. The summed E-state index contributed by atoms with van der Waals surface area (Å²) < 4.78 is 1.55. The van der Waals surface area contributed by atoms with Gasteiger partial charge < -0.3 is 10.6 Å². The summed E-state index contributed by atoms with van der Waals surface area (Å²) in [7, 11) is 1.72. The lowest BCUT2D eigenvalue weighted by molar-refractivity contribution is -0.136. The van der Waals surface area contributed by atoms with E-state index in [1.807, 2.05) is 6.92 Å². The van der Waals surface area contributed by atoms with E-state index in [2.05, 4.69) is 36.5 Å². The number of aryl methyl sites for hydroxylation is 2. The molecule has 3 rings (SSSR count). The van der Waals surface area contributed by atoms with E-state index < -0.39 is 17.5 Å². The van der Waals surface area contributed by atoms with Gasteiger partial charge in [0.1, 0.15) is 17.9 Å². The lowest BCUT2D eigenvalue weighted by atomic mass is 9.64. The van der Waals surface area contributed by atoms with Crippen LogP contribution in [-0.2, 0) is 16.6 Å². The molecule has 4 amide bonds. The van der Waals surface area contributed by atoms with Gasteiger partial charge in [-0.25, -0.2) is 4.79 Å². The highest BCUT2D eigenvalue weighted by molar-refractivity contribution is 6.10. The molecule has 1 aliphatic heterocycles. The van der Waals surface area contributed by atoms with Crippen molar-refractivity contribution in [3.8, 4) is 0 Å². The zero-order valence-electron chi connectivity index (χ0n) is 16.0. The minimum atomic E-state index is -0.887. The largest absolute Gasteiger partial charge is 0.325 e. The van der Waals surface area contributed by atoms with E-state index in [4.69, 9.17) is 0 Å². The summed E-state index contributed by atoms with van der Waals surface area (Å²) in [5.41, 5.74) is -0.151. The Labute approximate surface area is 153 Å². The molecule has 2 heterocycles. The molecule has 0 aromatic carbocycles. The standard InChI is InChI=1S/C18H27N5O3/c1-11-7-17(3,4)10-18(8-11)15(25)23(16(26)20-18)9-14(24)19-13-6-12(2)21-22(13)5/h6,11H,7-10H2,1-5H3,(H,19,24)(H,20,26). The molecule has 26 heavy (non-hydrogen) atoms. The maximum Gasteiger partial charge on any atom is 0.325 e. The first-order valence-corrected chi connectivity index (χ1v) is 8.96. The summed E-state index contributed by atoms with van der Waals surface area (Å²) in [6.45, 7) is 7.85. The van der Waals surface area contributed by atoms with Crippen LogP contribution in [0.5, 0.6) is 0 Å². The fraction of sp³-hybridized carbons (Fsp3) is 0.667. The molecule has 1 spiro atoms. The number of aromatic nitrogens is 2. The Morgan fingerprint density at radius 2 is 2.08 bits per heavy atom. The van der Waals surface area contributed by atoms with Crippen molar-refractivity contribution in [1.29, 1.82) is 0 Å². The summed E-state index contributed by atoms with van der Waals surface area (Å²) in [6, 6.07) is 1.24. The number of hydrogen-bond acceptors (Lipinski definition) is 4. The van der Waals surface area contributed by atoms with Crippen LogP contribution in [0.3, 0.4) is 0 Å². The quantitative estimate of drug-likeness (QED) is 0.803. The predicted molar refractivity (Wildman–Crippen MR) is 96.3 cm³/mol. The highest BCUT2D eigenvalue weighted by atomic mass is 16.2. The number of carbonyl (C=O) groups excluding carboxylic acids is 3. The van der Waals surface area contributed by atoms with Gasteiger partial charge in [0.2, 0.25) is 5.91 Å². The van der Waals surface area contributed by atoms with E-state index >= 15 is 0 Å². The number of hydrogen-bond donors (Lipinski definition) is 2. The van der Waals surface area contributed by atoms with E-state index in [1.54, 1.807) is 17.8 Å². The van der Waals surface area contributed by atoms with Crippen LogP contribution < -0.4 is 10.6 Å². The van der Waals surface area contributed by atoms with Gasteiger partial charge in [-0.15, -0.1) is 0 Å². The molecule has 2 N–H and O–H groups in total. The van der Waals surface area contributed by atoms with Crippen molar-refractivity contribution in [1.82, 2.24) is 20.0 Å². The number of urea groups is 1. The molecular weight excluding hydrogens is 334 g/mol. The highest BCUT2D eigenvalue weighted by Gasteiger charge is 2.56. The van der Waals surface area contributed by atoms with Gasteiger partial charge in [0.05, 0.1) is 5.69 Å². The monoisotopic (exact) mass is 361 g/mol. The first kappa shape index (κ1) is 18.4. The number of nitrogens with zero attached hydrogens (tertiary/aromatic N) is 3. The van der Waals surface area contributed by atoms with E-state index in [1.165, 1.54) is 0 Å². The molecule has 2 fully saturated rings. The third-order valence-electron chi connectivity index (χ3n) is 5.20. The van der Waals surface area contributed by atoms with E-state index in [0.29, 0.717) is 24.6 Å². The minimum Gasteiger partial charge on any atom is -0.323 e. The van der Waals surface area contributed by atoms with Gasteiger partial charge in [-0.2, -0.15) is 5.10 Å². The maximum atomic E-state index is 13.0. The fourth-order valence-corrected chi connectivity index (χ4v) is 4.70. The van der Waals surface area contributed by atoms with Crippen LogP contribution in [0, 0.1) is 18.3 Å². The third-order valence-corrected chi connectivity index (χ3v) is 5.20. The van der Waals surface area contributed by atoms with E-state index in [9.17, 15) is 14.4 Å². The van der Waals surface area contributed by atoms with Crippen LogP contribution >= 0.6 is 0 Å². The number of rotatable bonds is 3. The molecule has 2 unspecified atom stereocenters. The first-order chi connectivity index (χ1) is 12.0. The molecule has 1 aromatic heterocycles. The fourth-order valence-electron chi connectivity index (χ4n) is 4.70. The number of carbonyl (C=O) groups is 3. The third kappa shape index (κ3) is 3.32.